The van der Waals surface area contributed by atoms with Crippen molar-refractivity contribution in [3.63, 3.8) is 0 Å². The highest BCUT2D eigenvalue weighted by molar-refractivity contribution is 7.13. The van der Waals surface area contributed by atoms with Gasteiger partial charge in [0.15, 0.2) is 5.13 Å². The smallest absolute Gasteiger partial charge is 0.182 e. The Morgan fingerprint density at radius 3 is 2.86 bits per heavy atom. The molecule has 0 unspecified atom stereocenters. The number of aromatic nitrogens is 1. The van der Waals surface area contributed by atoms with Crippen LogP contribution in [0.4, 0.5) is 9.52 Å². The fourth-order valence-corrected chi connectivity index (χ4v) is 2.54. The van der Waals surface area contributed by atoms with Gasteiger partial charge in [0.1, 0.15) is 18.2 Å². The lowest BCUT2D eigenvalue weighted by Crippen LogP contribution is -2.01. The first-order chi connectivity index (χ1) is 10.8. The average Bonchev–Trinajstić information content (AvgIpc) is 3.06. The largest absolute Gasteiger partial charge is 0.489 e. The lowest BCUT2D eigenvalue weighted by atomic mass is 10.2. The number of thiazole rings is 1. The summed E-state index contributed by atoms with van der Waals surface area (Å²) < 4.78 is 19.2. The van der Waals surface area contributed by atoms with E-state index in [-0.39, 0.29) is 12.4 Å². The highest BCUT2D eigenvalue weighted by Crippen LogP contribution is 2.18. The van der Waals surface area contributed by atoms with Crippen molar-refractivity contribution in [3.05, 3.63) is 77.1 Å². The summed E-state index contributed by atoms with van der Waals surface area (Å²) in [5, 5.41) is 6.06. The first kappa shape index (κ1) is 14.5. The molecule has 22 heavy (non-hydrogen) atoms. The minimum atomic E-state index is -0.246. The normalized spacial score (nSPS) is 10.4. The number of rotatable bonds is 6. The van der Waals surface area contributed by atoms with Crippen LogP contribution in [0.15, 0.2) is 60.1 Å². The standard InChI is InChI=1S/C17H15FN2OS/c18-16-7-2-1-5-14(16)12-21-15-6-3-4-13(10-15)11-20-17-19-8-9-22-17/h1-10H,11-12H2,(H,19,20). The molecule has 0 radical (unpaired) electrons. The van der Waals surface area contributed by atoms with Gasteiger partial charge in [0.2, 0.25) is 0 Å². The maximum absolute atomic E-state index is 13.6. The monoisotopic (exact) mass is 314 g/mol. The van der Waals surface area contributed by atoms with E-state index in [4.69, 9.17) is 4.74 Å². The first-order valence-electron chi connectivity index (χ1n) is 6.90. The van der Waals surface area contributed by atoms with E-state index in [1.165, 1.54) is 6.07 Å². The number of hydrogen-bond acceptors (Lipinski definition) is 4. The zero-order valence-electron chi connectivity index (χ0n) is 11.8. The van der Waals surface area contributed by atoms with E-state index in [1.54, 1.807) is 35.7 Å². The van der Waals surface area contributed by atoms with Crippen molar-refractivity contribution in [2.75, 3.05) is 5.32 Å². The Balaban J connectivity index is 1.60. The number of hydrogen-bond donors (Lipinski definition) is 1. The van der Waals surface area contributed by atoms with Crippen LogP contribution in [0.5, 0.6) is 5.75 Å². The first-order valence-corrected chi connectivity index (χ1v) is 7.78. The zero-order chi connectivity index (χ0) is 15.2. The molecular weight excluding hydrogens is 299 g/mol. The van der Waals surface area contributed by atoms with Crippen LogP contribution in [-0.4, -0.2) is 4.98 Å². The Labute approximate surface area is 132 Å². The third-order valence-corrected chi connectivity index (χ3v) is 3.86. The molecule has 0 amide bonds. The minimum Gasteiger partial charge on any atom is -0.489 e. The molecule has 0 aliphatic carbocycles. The number of nitrogens with zero attached hydrogens (tertiary/aromatic N) is 1. The second-order valence-corrected chi connectivity index (χ2v) is 5.61. The van der Waals surface area contributed by atoms with Gasteiger partial charge >= 0.3 is 0 Å². The summed E-state index contributed by atoms with van der Waals surface area (Å²) >= 11 is 1.56. The molecule has 0 aliphatic heterocycles. The molecule has 0 spiro atoms. The molecule has 0 saturated carbocycles. The number of anilines is 1. The molecular formula is C17H15FN2OS. The van der Waals surface area contributed by atoms with Crippen molar-refractivity contribution in [3.8, 4) is 5.75 Å². The lowest BCUT2D eigenvalue weighted by molar-refractivity contribution is 0.299. The van der Waals surface area contributed by atoms with Gasteiger partial charge in [0.05, 0.1) is 0 Å². The second kappa shape index (κ2) is 7.04. The summed E-state index contributed by atoms with van der Waals surface area (Å²) in [6, 6.07) is 14.4. The third-order valence-electron chi connectivity index (χ3n) is 3.13. The molecule has 0 fully saturated rings. The highest BCUT2D eigenvalue weighted by atomic mass is 32.1. The van der Waals surface area contributed by atoms with Gasteiger partial charge in [-0.2, -0.15) is 0 Å². The SMILES string of the molecule is Fc1ccccc1COc1cccc(CNc2nccs2)c1. The van der Waals surface area contributed by atoms with Crippen molar-refractivity contribution in [2.45, 2.75) is 13.2 Å². The number of benzene rings is 2. The van der Waals surface area contributed by atoms with Crippen molar-refractivity contribution in [1.82, 2.24) is 4.98 Å². The molecule has 3 rings (SSSR count). The molecule has 3 nitrogen and oxygen atoms in total. The van der Waals surface area contributed by atoms with Gasteiger partial charge in [-0.25, -0.2) is 9.37 Å². The van der Waals surface area contributed by atoms with Gasteiger partial charge < -0.3 is 10.1 Å². The average molecular weight is 314 g/mol. The van der Waals surface area contributed by atoms with Gasteiger partial charge in [-0.1, -0.05) is 30.3 Å². The van der Waals surface area contributed by atoms with E-state index >= 15 is 0 Å². The van der Waals surface area contributed by atoms with E-state index in [2.05, 4.69) is 10.3 Å². The van der Waals surface area contributed by atoms with Crippen LogP contribution in [-0.2, 0) is 13.2 Å². The molecule has 0 atom stereocenters. The highest BCUT2D eigenvalue weighted by Gasteiger charge is 2.03. The third kappa shape index (κ3) is 3.83. The van der Waals surface area contributed by atoms with Gasteiger partial charge in [-0.15, -0.1) is 11.3 Å². The van der Waals surface area contributed by atoms with E-state index in [9.17, 15) is 4.39 Å². The van der Waals surface area contributed by atoms with Crippen LogP contribution in [0.2, 0.25) is 0 Å². The zero-order valence-corrected chi connectivity index (χ0v) is 12.6. The summed E-state index contributed by atoms with van der Waals surface area (Å²) in [5.41, 5.74) is 1.63. The van der Waals surface area contributed by atoms with Crippen LogP contribution < -0.4 is 10.1 Å². The summed E-state index contributed by atoms with van der Waals surface area (Å²) in [5.74, 6) is 0.478. The van der Waals surface area contributed by atoms with Crippen molar-refractivity contribution >= 4 is 16.5 Å². The molecule has 5 heteroatoms. The van der Waals surface area contributed by atoms with Crippen LogP contribution >= 0.6 is 11.3 Å². The number of halogens is 1. The van der Waals surface area contributed by atoms with Crippen LogP contribution in [0, 0.1) is 5.82 Å². The molecule has 1 heterocycles. The summed E-state index contributed by atoms with van der Waals surface area (Å²) in [7, 11) is 0. The van der Waals surface area contributed by atoms with E-state index in [1.807, 2.05) is 29.6 Å². The fraction of sp³-hybridized carbons (Fsp3) is 0.118. The molecule has 0 saturated heterocycles. The second-order valence-electron chi connectivity index (χ2n) is 4.72. The minimum absolute atomic E-state index is 0.218. The van der Waals surface area contributed by atoms with Crippen molar-refractivity contribution in [2.24, 2.45) is 0 Å². The number of nitrogens with one attached hydrogen (secondary N) is 1. The topological polar surface area (TPSA) is 34.1 Å². The maximum atomic E-state index is 13.6. The Morgan fingerprint density at radius 2 is 2.05 bits per heavy atom. The molecule has 0 aliphatic rings. The summed E-state index contributed by atoms with van der Waals surface area (Å²) in [4.78, 5) is 4.17. The Kier molecular flexibility index (Phi) is 4.65. The summed E-state index contributed by atoms with van der Waals surface area (Å²) in [6.07, 6.45) is 1.76. The van der Waals surface area contributed by atoms with Crippen molar-refractivity contribution < 1.29 is 9.13 Å². The molecule has 1 aromatic heterocycles. The molecule has 1 N–H and O–H groups in total. The predicted molar refractivity (Wildman–Crippen MR) is 86.6 cm³/mol. The molecule has 0 bridgehead atoms. The van der Waals surface area contributed by atoms with Crippen LogP contribution in [0.25, 0.3) is 0 Å². The maximum Gasteiger partial charge on any atom is 0.182 e. The quantitative estimate of drug-likeness (QED) is 0.729. The van der Waals surface area contributed by atoms with E-state index in [0.29, 0.717) is 12.1 Å². The Morgan fingerprint density at radius 1 is 1.14 bits per heavy atom. The molecule has 2 aromatic carbocycles. The summed E-state index contributed by atoms with van der Waals surface area (Å²) in [6.45, 7) is 0.889. The van der Waals surface area contributed by atoms with Gasteiger partial charge in [0, 0.05) is 23.7 Å². The van der Waals surface area contributed by atoms with E-state index < -0.39 is 0 Å². The van der Waals surface area contributed by atoms with Gasteiger partial charge in [-0.3, -0.25) is 0 Å². The fourth-order valence-electron chi connectivity index (χ4n) is 2.01. The predicted octanol–water partition coefficient (Wildman–Crippen LogP) is 4.47. The van der Waals surface area contributed by atoms with Crippen LogP contribution in [0.1, 0.15) is 11.1 Å². The van der Waals surface area contributed by atoms with E-state index in [0.717, 1.165) is 16.4 Å². The van der Waals surface area contributed by atoms with Gasteiger partial charge in [0.25, 0.3) is 0 Å². The molecule has 3 aromatic rings. The number of ether oxygens (including phenoxy) is 1. The molecule has 112 valence electrons. The van der Waals surface area contributed by atoms with Crippen molar-refractivity contribution in [1.29, 1.82) is 0 Å². The van der Waals surface area contributed by atoms with Gasteiger partial charge in [-0.05, 0) is 23.8 Å². The Bertz CT molecular complexity index is 731. The Hall–Kier alpha value is -2.40. The van der Waals surface area contributed by atoms with Crippen LogP contribution in [0.3, 0.4) is 0 Å². The lowest BCUT2D eigenvalue weighted by Gasteiger charge is -2.09.